The van der Waals surface area contributed by atoms with Crippen LogP contribution in [0.5, 0.6) is 0 Å². The van der Waals surface area contributed by atoms with Crippen LogP contribution in [0.25, 0.3) is 11.2 Å². The summed E-state index contributed by atoms with van der Waals surface area (Å²) in [6.45, 7) is 7.93. The van der Waals surface area contributed by atoms with Gasteiger partial charge in [0, 0.05) is 37.1 Å². The highest BCUT2D eigenvalue weighted by Gasteiger charge is 2.15. The predicted octanol–water partition coefficient (Wildman–Crippen LogP) is 2.39. The van der Waals surface area contributed by atoms with Gasteiger partial charge in [0.15, 0.2) is 17.0 Å². The van der Waals surface area contributed by atoms with Gasteiger partial charge in [0.2, 0.25) is 5.95 Å². The molecule has 0 aliphatic carbocycles. The molecule has 0 radical (unpaired) electrons. The number of aliphatic hydroxyl groups is 1. The summed E-state index contributed by atoms with van der Waals surface area (Å²) in [5.74, 6) is 1.09. The van der Waals surface area contributed by atoms with Gasteiger partial charge in [-0.05, 0) is 38.1 Å². The van der Waals surface area contributed by atoms with E-state index in [0.29, 0.717) is 23.8 Å². The van der Waals surface area contributed by atoms with E-state index in [1.54, 1.807) is 6.33 Å². The lowest BCUT2D eigenvalue weighted by Crippen LogP contribution is -2.36. The number of hydrogen-bond acceptors (Lipinski definition) is 8. The summed E-state index contributed by atoms with van der Waals surface area (Å²) >= 11 is 0. The highest BCUT2D eigenvalue weighted by atomic mass is 16.5. The van der Waals surface area contributed by atoms with Crippen molar-refractivity contribution in [2.45, 2.75) is 19.9 Å². The molecule has 0 saturated carbocycles. The Morgan fingerprint density at radius 1 is 1.14 bits per heavy atom. The molecule has 0 unspecified atom stereocenters. The van der Waals surface area contributed by atoms with E-state index < -0.39 is 0 Å². The van der Waals surface area contributed by atoms with Crippen molar-refractivity contribution in [3.63, 3.8) is 0 Å². The van der Waals surface area contributed by atoms with Crippen molar-refractivity contribution in [2.24, 2.45) is 0 Å². The number of morpholine rings is 1. The van der Waals surface area contributed by atoms with Crippen molar-refractivity contribution in [1.29, 1.82) is 0 Å². The Bertz CT molecular complexity index is 949. The Balaban J connectivity index is 1.60. The number of nitrogens with zero attached hydrogens (tertiary/aromatic N) is 5. The highest BCUT2D eigenvalue weighted by Crippen LogP contribution is 2.26. The number of rotatable bonds is 7. The average Bonchev–Trinajstić information content (AvgIpc) is 3.17. The van der Waals surface area contributed by atoms with Crippen LogP contribution >= 0.6 is 0 Å². The molecular formula is C20H27N7O2. The molecule has 29 heavy (non-hydrogen) atoms. The molecule has 9 heteroatoms. The van der Waals surface area contributed by atoms with Crippen molar-refractivity contribution in [3.05, 3.63) is 30.6 Å². The molecule has 0 atom stereocenters. The minimum atomic E-state index is 0.0160. The largest absolute Gasteiger partial charge is 0.395 e. The molecule has 1 aliphatic rings. The first-order valence-corrected chi connectivity index (χ1v) is 9.95. The van der Waals surface area contributed by atoms with Gasteiger partial charge in [0.25, 0.3) is 0 Å². The Morgan fingerprint density at radius 2 is 1.90 bits per heavy atom. The molecule has 9 nitrogen and oxygen atoms in total. The van der Waals surface area contributed by atoms with Crippen LogP contribution in [-0.4, -0.2) is 64.1 Å². The molecule has 2 aromatic heterocycles. The third-order valence-corrected chi connectivity index (χ3v) is 4.88. The van der Waals surface area contributed by atoms with Crippen LogP contribution in [0.4, 0.5) is 23.1 Å². The van der Waals surface area contributed by atoms with Crippen molar-refractivity contribution in [2.75, 3.05) is 55.0 Å². The summed E-state index contributed by atoms with van der Waals surface area (Å²) in [6.07, 6.45) is 1.77. The van der Waals surface area contributed by atoms with Gasteiger partial charge in [-0.15, -0.1) is 0 Å². The van der Waals surface area contributed by atoms with Crippen molar-refractivity contribution in [3.8, 4) is 0 Å². The number of aliphatic hydroxyl groups excluding tert-OH is 1. The van der Waals surface area contributed by atoms with E-state index in [0.717, 1.165) is 37.6 Å². The Morgan fingerprint density at radius 3 is 2.59 bits per heavy atom. The molecule has 1 saturated heterocycles. The Kier molecular flexibility index (Phi) is 5.77. The van der Waals surface area contributed by atoms with Crippen LogP contribution in [0, 0.1) is 0 Å². The van der Waals surface area contributed by atoms with Gasteiger partial charge in [-0.25, -0.2) is 4.98 Å². The number of fused-ring (bicyclic) bond motifs is 1. The fourth-order valence-corrected chi connectivity index (χ4v) is 3.35. The molecular weight excluding hydrogens is 370 g/mol. The first-order valence-electron chi connectivity index (χ1n) is 9.95. The number of nitrogens with one attached hydrogen (secondary N) is 2. The molecule has 1 aliphatic heterocycles. The summed E-state index contributed by atoms with van der Waals surface area (Å²) < 4.78 is 7.43. The number of anilines is 4. The summed E-state index contributed by atoms with van der Waals surface area (Å²) in [7, 11) is 0. The van der Waals surface area contributed by atoms with E-state index in [1.165, 1.54) is 5.69 Å². The van der Waals surface area contributed by atoms with Gasteiger partial charge < -0.3 is 29.9 Å². The second kappa shape index (κ2) is 8.62. The van der Waals surface area contributed by atoms with Gasteiger partial charge in [-0.1, -0.05) is 0 Å². The van der Waals surface area contributed by atoms with Crippen LogP contribution in [0.3, 0.4) is 0 Å². The number of aromatic nitrogens is 4. The van der Waals surface area contributed by atoms with Gasteiger partial charge in [-0.3, -0.25) is 0 Å². The molecule has 0 bridgehead atoms. The molecule has 0 amide bonds. The number of benzene rings is 1. The molecule has 0 spiro atoms. The average molecular weight is 397 g/mol. The second-order valence-corrected chi connectivity index (χ2v) is 7.24. The van der Waals surface area contributed by atoms with Crippen LogP contribution in [0.2, 0.25) is 0 Å². The lowest BCUT2D eigenvalue weighted by Gasteiger charge is -2.28. The topological polar surface area (TPSA) is 100 Å². The Labute approximate surface area is 169 Å². The maximum absolute atomic E-state index is 9.17. The summed E-state index contributed by atoms with van der Waals surface area (Å²) in [4.78, 5) is 16.0. The normalized spacial score (nSPS) is 14.6. The number of ether oxygens (including phenoxy) is 1. The van der Waals surface area contributed by atoms with E-state index in [2.05, 4.69) is 56.5 Å². The van der Waals surface area contributed by atoms with Gasteiger partial charge >= 0.3 is 0 Å². The van der Waals surface area contributed by atoms with Crippen LogP contribution in [0.15, 0.2) is 30.6 Å². The van der Waals surface area contributed by atoms with Crippen LogP contribution in [0.1, 0.15) is 19.9 Å². The monoisotopic (exact) mass is 397 g/mol. The number of imidazole rings is 1. The fourth-order valence-electron chi connectivity index (χ4n) is 3.35. The zero-order chi connectivity index (χ0) is 20.2. The lowest BCUT2D eigenvalue weighted by atomic mass is 10.2. The van der Waals surface area contributed by atoms with E-state index in [4.69, 9.17) is 4.74 Å². The van der Waals surface area contributed by atoms with Crippen molar-refractivity contribution in [1.82, 2.24) is 19.5 Å². The molecule has 154 valence electrons. The van der Waals surface area contributed by atoms with E-state index in [9.17, 15) is 5.11 Å². The third-order valence-electron chi connectivity index (χ3n) is 4.88. The Hall–Kier alpha value is -2.91. The standard InChI is InChI=1S/C20H27N7O2/c1-14(2)27-13-22-17-18(21-7-10-28)24-20(25-19(17)27)23-15-3-5-16(6-4-15)26-8-11-29-12-9-26/h3-6,13-14,28H,7-12H2,1-2H3,(H2,21,23,24,25). The molecule has 1 fully saturated rings. The van der Waals surface area contributed by atoms with Crippen LogP contribution in [-0.2, 0) is 4.74 Å². The molecule has 3 N–H and O–H groups in total. The summed E-state index contributed by atoms with van der Waals surface area (Å²) in [6, 6.07) is 8.46. The predicted molar refractivity (Wildman–Crippen MR) is 114 cm³/mol. The second-order valence-electron chi connectivity index (χ2n) is 7.24. The van der Waals surface area contributed by atoms with Crippen LogP contribution < -0.4 is 15.5 Å². The SMILES string of the molecule is CC(C)n1cnc2c(NCCO)nc(Nc3ccc(N4CCOCC4)cc3)nc21. The smallest absolute Gasteiger partial charge is 0.231 e. The summed E-state index contributed by atoms with van der Waals surface area (Å²) in [5, 5.41) is 15.6. The van der Waals surface area contributed by atoms with E-state index >= 15 is 0 Å². The fraction of sp³-hybridized carbons (Fsp3) is 0.450. The zero-order valence-electron chi connectivity index (χ0n) is 16.8. The first kappa shape index (κ1) is 19.4. The van der Waals surface area contributed by atoms with Crippen molar-refractivity contribution >= 4 is 34.3 Å². The highest BCUT2D eigenvalue weighted by molar-refractivity contribution is 5.84. The number of hydrogen-bond donors (Lipinski definition) is 3. The maximum atomic E-state index is 9.17. The van der Waals surface area contributed by atoms with Gasteiger partial charge in [-0.2, -0.15) is 9.97 Å². The maximum Gasteiger partial charge on any atom is 0.231 e. The van der Waals surface area contributed by atoms with Crippen molar-refractivity contribution < 1.29 is 9.84 Å². The molecule has 4 rings (SSSR count). The molecule has 3 heterocycles. The minimum Gasteiger partial charge on any atom is -0.395 e. The minimum absolute atomic E-state index is 0.0160. The first-order chi connectivity index (χ1) is 14.2. The lowest BCUT2D eigenvalue weighted by molar-refractivity contribution is 0.122. The van der Waals surface area contributed by atoms with E-state index in [-0.39, 0.29) is 12.6 Å². The van der Waals surface area contributed by atoms with Gasteiger partial charge in [0.1, 0.15) is 0 Å². The summed E-state index contributed by atoms with van der Waals surface area (Å²) in [5.41, 5.74) is 3.53. The zero-order valence-corrected chi connectivity index (χ0v) is 16.8. The third kappa shape index (κ3) is 4.25. The molecule has 3 aromatic rings. The van der Waals surface area contributed by atoms with E-state index in [1.807, 2.05) is 16.7 Å². The molecule has 1 aromatic carbocycles. The van der Waals surface area contributed by atoms with Gasteiger partial charge in [0.05, 0.1) is 26.1 Å². The quantitative estimate of drug-likeness (QED) is 0.559.